The van der Waals surface area contributed by atoms with Crippen LogP contribution in [0.4, 0.5) is 0 Å². The SMILES string of the molecule is CC(C)(C)C(=O)NC(CC1CCCCN1C(=O)c1ccc(Cl)c(Cl)c1)c1ccccn1. The van der Waals surface area contributed by atoms with Crippen LogP contribution < -0.4 is 5.32 Å². The third-order valence-corrected chi connectivity index (χ3v) is 6.33. The van der Waals surface area contributed by atoms with Crippen molar-refractivity contribution in [1.29, 1.82) is 0 Å². The van der Waals surface area contributed by atoms with Gasteiger partial charge in [-0.05, 0) is 56.0 Å². The Balaban J connectivity index is 1.84. The molecule has 1 N–H and O–H groups in total. The van der Waals surface area contributed by atoms with E-state index >= 15 is 0 Å². The van der Waals surface area contributed by atoms with E-state index < -0.39 is 5.41 Å². The van der Waals surface area contributed by atoms with Gasteiger partial charge in [0.25, 0.3) is 5.91 Å². The second-order valence-corrected chi connectivity index (χ2v) is 9.86. The van der Waals surface area contributed by atoms with Gasteiger partial charge in [-0.15, -0.1) is 0 Å². The second kappa shape index (κ2) is 10.0. The first kappa shape index (κ1) is 23.6. The van der Waals surface area contributed by atoms with Crippen LogP contribution in [-0.2, 0) is 4.79 Å². The van der Waals surface area contributed by atoms with Gasteiger partial charge in [-0.2, -0.15) is 0 Å². The number of rotatable bonds is 5. The van der Waals surface area contributed by atoms with Gasteiger partial charge in [0.05, 0.1) is 21.8 Å². The van der Waals surface area contributed by atoms with Crippen molar-refractivity contribution in [2.24, 2.45) is 5.41 Å². The number of aromatic nitrogens is 1. The highest BCUT2D eigenvalue weighted by atomic mass is 35.5. The van der Waals surface area contributed by atoms with Gasteiger partial charge in [0, 0.05) is 29.8 Å². The minimum Gasteiger partial charge on any atom is -0.347 e. The first-order valence-corrected chi connectivity index (χ1v) is 11.4. The molecule has 2 atom stereocenters. The number of benzene rings is 1. The van der Waals surface area contributed by atoms with E-state index in [1.807, 2.05) is 43.9 Å². The lowest BCUT2D eigenvalue weighted by molar-refractivity contribution is -0.129. The third-order valence-electron chi connectivity index (χ3n) is 5.59. The number of amides is 2. The van der Waals surface area contributed by atoms with E-state index in [0.717, 1.165) is 25.0 Å². The van der Waals surface area contributed by atoms with E-state index in [4.69, 9.17) is 23.2 Å². The molecule has 1 aliphatic heterocycles. The molecule has 0 spiro atoms. The summed E-state index contributed by atoms with van der Waals surface area (Å²) in [4.78, 5) is 32.4. The zero-order chi connectivity index (χ0) is 22.6. The summed E-state index contributed by atoms with van der Waals surface area (Å²) in [5.74, 6) is -0.105. The van der Waals surface area contributed by atoms with Crippen molar-refractivity contribution in [1.82, 2.24) is 15.2 Å². The monoisotopic (exact) mass is 461 g/mol. The van der Waals surface area contributed by atoms with Crippen molar-refractivity contribution >= 4 is 35.0 Å². The van der Waals surface area contributed by atoms with E-state index in [9.17, 15) is 9.59 Å². The first-order chi connectivity index (χ1) is 14.7. The maximum atomic E-state index is 13.3. The molecular formula is C24H29Cl2N3O2. The number of carbonyl (C=O) groups excluding carboxylic acids is 2. The summed E-state index contributed by atoms with van der Waals surface area (Å²) in [7, 11) is 0. The fourth-order valence-corrected chi connectivity index (χ4v) is 4.09. The van der Waals surface area contributed by atoms with Gasteiger partial charge in [-0.3, -0.25) is 14.6 Å². The molecule has 1 aromatic carbocycles. The largest absolute Gasteiger partial charge is 0.347 e. The van der Waals surface area contributed by atoms with E-state index in [1.165, 1.54) is 0 Å². The van der Waals surface area contributed by atoms with E-state index in [2.05, 4.69) is 10.3 Å². The Hall–Kier alpha value is -2.11. The van der Waals surface area contributed by atoms with Crippen LogP contribution >= 0.6 is 23.2 Å². The van der Waals surface area contributed by atoms with Crippen LogP contribution in [0, 0.1) is 5.41 Å². The Morgan fingerprint density at radius 3 is 2.58 bits per heavy atom. The van der Waals surface area contributed by atoms with Gasteiger partial charge in [0.1, 0.15) is 0 Å². The predicted octanol–water partition coefficient (Wildman–Crippen LogP) is 5.68. The fourth-order valence-electron chi connectivity index (χ4n) is 3.79. The van der Waals surface area contributed by atoms with Gasteiger partial charge >= 0.3 is 0 Å². The summed E-state index contributed by atoms with van der Waals surface area (Å²) in [5.41, 5.74) is 0.803. The Morgan fingerprint density at radius 2 is 1.94 bits per heavy atom. The Morgan fingerprint density at radius 1 is 1.16 bits per heavy atom. The number of pyridine rings is 1. The molecule has 0 bridgehead atoms. The summed E-state index contributed by atoms with van der Waals surface area (Å²) < 4.78 is 0. The van der Waals surface area contributed by atoms with Crippen LogP contribution in [0.25, 0.3) is 0 Å². The average Bonchev–Trinajstić information content (AvgIpc) is 2.75. The van der Waals surface area contributed by atoms with Crippen molar-refractivity contribution in [2.75, 3.05) is 6.54 Å². The zero-order valence-electron chi connectivity index (χ0n) is 18.2. The quantitative estimate of drug-likeness (QED) is 0.622. The zero-order valence-corrected chi connectivity index (χ0v) is 19.7. The molecule has 31 heavy (non-hydrogen) atoms. The number of nitrogens with zero attached hydrogens (tertiary/aromatic N) is 2. The number of carbonyl (C=O) groups is 2. The van der Waals surface area contributed by atoms with Gasteiger partial charge < -0.3 is 10.2 Å². The topological polar surface area (TPSA) is 62.3 Å². The number of hydrogen-bond donors (Lipinski definition) is 1. The normalized spacial score (nSPS) is 17.8. The van der Waals surface area contributed by atoms with Crippen LogP contribution in [0.1, 0.15) is 68.5 Å². The number of halogens is 2. The molecule has 2 amide bonds. The lowest BCUT2D eigenvalue weighted by Gasteiger charge is -2.38. The van der Waals surface area contributed by atoms with E-state index in [-0.39, 0.29) is 23.9 Å². The third kappa shape index (κ3) is 5.98. The molecule has 1 saturated heterocycles. The molecule has 7 heteroatoms. The van der Waals surface area contributed by atoms with Gasteiger partial charge in [-0.1, -0.05) is 50.0 Å². The summed E-state index contributed by atoms with van der Waals surface area (Å²) in [6, 6.07) is 10.4. The molecule has 0 aliphatic carbocycles. The molecule has 1 aromatic heterocycles. The van der Waals surface area contributed by atoms with E-state index in [0.29, 0.717) is 28.6 Å². The van der Waals surface area contributed by atoms with Gasteiger partial charge in [-0.25, -0.2) is 0 Å². The standard InChI is InChI=1S/C24H29Cl2N3O2/c1-24(2,3)23(31)28-21(20-9-4-6-12-27-20)15-17-8-5-7-13-29(17)22(30)16-10-11-18(25)19(26)14-16/h4,6,9-12,14,17,21H,5,7-8,13,15H2,1-3H3,(H,28,31). The van der Waals surface area contributed by atoms with Gasteiger partial charge in [0.15, 0.2) is 0 Å². The lowest BCUT2D eigenvalue weighted by atomic mass is 9.91. The Bertz CT molecular complexity index is 928. The summed E-state index contributed by atoms with van der Waals surface area (Å²) >= 11 is 12.2. The highest BCUT2D eigenvalue weighted by Crippen LogP contribution is 2.30. The maximum absolute atomic E-state index is 13.3. The fraction of sp³-hybridized carbons (Fsp3) is 0.458. The smallest absolute Gasteiger partial charge is 0.254 e. The molecule has 1 fully saturated rings. The van der Waals surface area contributed by atoms with Crippen LogP contribution in [0.2, 0.25) is 10.0 Å². The highest BCUT2D eigenvalue weighted by Gasteiger charge is 2.32. The molecule has 2 aromatic rings. The summed E-state index contributed by atoms with van der Waals surface area (Å²) in [6.45, 7) is 6.33. The molecule has 3 rings (SSSR count). The van der Waals surface area contributed by atoms with Gasteiger partial charge in [0.2, 0.25) is 5.91 Å². The molecule has 2 unspecified atom stereocenters. The molecule has 2 heterocycles. The number of nitrogens with one attached hydrogen (secondary N) is 1. The lowest BCUT2D eigenvalue weighted by Crippen LogP contribution is -2.47. The van der Waals surface area contributed by atoms with Crippen molar-refractivity contribution < 1.29 is 9.59 Å². The molecule has 0 radical (unpaired) electrons. The number of piperidine rings is 1. The predicted molar refractivity (Wildman–Crippen MR) is 124 cm³/mol. The van der Waals surface area contributed by atoms with Crippen LogP contribution in [0.3, 0.4) is 0 Å². The molecule has 0 saturated carbocycles. The molecular weight excluding hydrogens is 433 g/mol. The van der Waals surface area contributed by atoms with E-state index in [1.54, 1.807) is 24.4 Å². The molecule has 5 nitrogen and oxygen atoms in total. The van der Waals surface area contributed by atoms with Crippen LogP contribution in [0.5, 0.6) is 0 Å². The molecule has 1 aliphatic rings. The minimum atomic E-state index is -0.519. The molecule has 166 valence electrons. The van der Waals surface area contributed by atoms with Crippen LogP contribution in [-0.4, -0.2) is 34.3 Å². The van der Waals surface area contributed by atoms with Crippen molar-refractivity contribution in [3.8, 4) is 0 Å². The minimum absolute atomic E-state index is 0.0111. The summed E-state index contributed by atoms with van der Waals surface area (Å²) in [6.07, 6.45) is 5.20. The number of hydrogen-bond acceptors (Lipinski definition) is 3. The van der Waals surface area contributed by atoms with Crippen molar-refractivity contribution in [2.45, 2.75) is 58.5 Å². The second-order valence-electron chi connectivity index (χ2n) is 9.04. The highest BCUT2D eigenvalue weighted by molar-refractivity contribution is 6.42. The van der Waals surface area contributed by atoms with Crippen LogP contribution in [0.15, 0.2) is 42.6 Å². The first-order valence-electron chi connectivity index (χ1n) is 10.6. The Kier molecular flexibility index (Phi) is 7.60. The Labute approximate surface area is 194 Å². The maximum Gasteiger partial charge on any atom is 0.254 e. The number of likely N-dealkylation sites (tertiary alicyclic amines) is 1. The average molecular weight is 462 g/mol. The van der Waals surface area contributed by atoms with Crippen molar-refractivity contribution in [3.63, 3.8) is 0 Å². The summed E-state index contributed by atoms with van der Waals surface area (Å²) in [5, 5.41) is 3.95. The van der Waals surface area contributed by atoms with Crippen molar-refractivity contribution in [3.05, 3.63) is 63.9 Å².